The first-order valence-electron chi connectivity index (χ1n) is 6.76. The van der Waals surface area contributed by atoms with Crippen molar-refractivity contribution in [2.24, 2.45) is 0 Å². The SMILES string of the molecule is CCC(=O)N(C)c1ccc2nc(-c3cccnc3)sc2c1. The zero-order valence-corrected chi connectivity index (χ0v) is 12.7. The first-order valence-corrected chi connectivity index (χ1v) is 7.58. The lowest BCUT2D eigenvalue weighted by Crippen LogP contribution is -2.24. The highest BCUT2D eigenvalue weighted by molar-refractivity contribution is 7.21. The lowest BCUT2D eigenvalue weighted by atomic mass is 10.2. The number of thiazole rings is 1. The summed E-state index contributed by atoms with van der Waals surface area (Å²) in [6.45, 7) is 1.87. The average Bonchev–Trinajstić information content (AvgIpc) is 2.97. The number of carbonyl (C=O) groups is 1. The Balaban J connectivity index is 2.01. The summed E-state index contributed by atoms with van der Waals surface area (Å²) in [6.07, 6.45) is 4.06. The monoisotopic (exact) mass is 297 g/mol. The maximum atomic E-state index is 11.8. The third-order valence-corrected chi connectivity index (χ3v) is 4.41. The van der Waals surface area contributed by atoms with Gasteiger partial charge in [-0.15, -0.1) is 11.3 Å². The van der Waals surface area contributed by atoms with Crippen molar-refractivity contribution in [2.75, 3.05) is 11.9 Å². The van der Waals surface area contributed by atoms with Gasteiger partial charge in [0.1, 0.15) is 5.01 Å². The van der Waals surface area contributed by atoms with Crippen LogP contribution in [0.25, 0.3) is 20.8 Å². The second kappa shape index (κ2) is 5.61. The normalized spacial score (nSPS) is 10.8. The standard InChI is InChI=1S/C16H15N3OS/c1-3-15(20)19(2)12-6-7-13-14(9-12)21-16(18-13)11-5-4-8-17-10-11/h4-10H,3H2,1-2H3. The van der Waals surface area contributed by atoms with Gasteiger partial charge >= 0.3 is 0 Å². The van der Waals surface area contributed by atoms with E-state index in [1.807, 2.05) is 43.5 Å². The summed E-state index contributed by atoms with van der Waals surface area (Å²) >= 11 is 1.61. The van der Waals surface area contributed by atoms with Crippen molar-refractivity contribution in [3.63, 3.8) is 0 Å². The van der Waals surface area contributed by atoms with Gasteiger partial charge in [-0.2, -0.15) is 0 Å². The first-order chi connectivity index (χ1) is 10.2. The highest BCUT2D eigenvalue weighted by Crippen LogP contribution is 2.32. The zero-order valence-electron chi connectivity index (χ0n) is 11.9. The molecule has 0 radical (unpaired) electrons. The van der Waals surface area contributed by atoms with Gasteiger partial charge in [0.25, 0.3) is 0 Å². The first kappa shape index (κ1) is 13.7. The average molecular weight is 297 g/mol. The maximum absolute atomic E-state index is 11.8. The summed E-state index contributed by atoms with van der Waals surface area (Å²) in [5.41, 5.74) is 2.86. The minimum Gasteiger partial charge on any atom is -0.315 e. The van der Waals surface area contributed by atoms with E-state index in [2.05, 4.69) is 9.97 Å². The largest absolute Gasteiger partial charge is 0.315 e. The highest BCUT2D eigenvalue weighted by atomic mass is 32.1. The summed E-state index contributed by atoms with van der Waals surface area (Å²) in [5, 5.41) is 0.944. The second-order valence-electron chi connectivity index (χ2n) is 4.72. The van der Waals surface area contributed by atoms with E-state index in [0.29, 0.717) is 6.42 Å². The van der Waals surface area contributed by atoms with Gasteiger partial charge in [-0.25, -0.2) is 4.98 Å². The topological polar surface area (TPSA) is 46.1 Å². The van der Waals surface area contributed by atoms with Crippen LogP contribution in [-0.2, 0) is 4.79 Å². The molecule has 0 spiro atoms. The molecular formula is C16H15N3OS. The Hall–Kier alpha value is -2.27. The van der Waals surface area contributed by atoms with Crippen molar-refractivity contribution in [3.05, 3.63) is 42.7 Å². The number of aromatic nitrogens is 2. The van der Waals surface area contributed by atoms with Gasteiger partial charge < -0.3 is 4.90 Å². The molecule has 0 aliphatic carbocycles. The molecule has 0 N–H and O–H groups in total. The van der Waals surface area contributed by atoms with Crippen molar-refractivity contribution >= 4 is 33.1 Å². The molecule has 2 aromatic heterocycles. The van der Waals surface area contributed by atoms with Gasteiger partial charge in [0.2, 0.25) is 5.91 Å². The Bertz CT molecular complexity index is 783. The number of hydrogen-bond donors (Lipinski definition) is 0. The fraction of sp³-hybridized carbons (Fsp3) is 0.188. The van der Waals surface area contributed by atoms with Crippen LogP contribution in [0.1, 0.15) is 13.3 Å². The van der Waals surface area contributed by atoms with Crippen LogP contribution in [0, 0.1) is 0 Å². The molecule has 3 aromatic rings. The van der Waals surface area contributed by atoms with Crippen molar-refractivity contribution < 1.29 is 4.79 Å². The Morgan fingerprint density at radius 2 is 2.19 bits per heavy atom. The number of rotatable bonds is 3. The number of amides is 1. The lowest BCUT2D eigenvalue weighted by Gasteiger charge is -2.16. The van der Waals surface area contributed by atoms with E-state index in [1.165, 1.54) is 0 Å². The number of fused-ring (bicyclic) bond motifs is 1. The van der Waals surface area contributed by atoms with E-state index in [-0.39, 0.29) is 5.91 Å². The molecule has 4 nitrogen and oxygen atoms in total. The molecule has 3 rings (SSSR count). The van der Waals surface area contributed by atoms with Crippen LogP contribution in [0.2, 0.25) is 0 Å². The molecule has 106 valence electrons. The molecule has 0 unspecified atom stereocenters. The van der Waals surface area contributed by atoms with Crippen LogP contribution in [0.5, 0.6) is 0 Å². The Kier molecular flexibility index (Phi) is 3.66. The lowest BCUT2D eigenvalue weighted by molar-refractivity contribution is -0.118. The number of pyridine rings is 1. The summed E-state index contributed by atoms with van der Waals surface area (Å²) in [4.78, 5) is 22.2. The molecule has 0 saturated carbocycles. The molecule has 1 aromatic carbocycles. The molecule has 0 atom stereocenters. The van der Waals surface area contributed by atoms with E-state index < -0.39 is 0 Å². The molecule has 2 heterocycles. The van der Waals surface area contributed by atoms with Crippen molar-refractivity contribution in [1.82, 2.24) is 9.97 Å². The summed E-state index contributed by atoms with van der Waals surface area (Å²) < 4.78 is 1.07. The molecule has 1 amide bonds. The molecule has 0 bridgehead atoms. The van der Waals surface area contributed by atoms with Crippen LogP contribution >= 0.6 is 11.3 Å². The fourth-order valence-electron chi connectivity index (χ4n) is 2.12. The zero-order chi connectivity index (χ0) is 14.8. The van der Waals surface area contributed by atoms with Gasteiger partial charge in [-0.1, -0.05) is 6.92 Å². The van der Waals surface area contributed by atoms with Gasteiger partial charge in [-0.3, -0.25) is 9.78 Å². The molecular weight excluding hydrogens is 282 g/mol. The predicted octanol–water partition coefficient (Wildman–Crippen LogP) is 3.73. The number of benzene rings is 1. The highest BCUT2D eigenvalue weighted by Gasteiger charge is 2.11. The Morgan fingerprint density at radius 3 is 2.90 bits per heavy atom. The molecule has 0 saturated heterocycles. The van der Waals surface area contributed by atoms with Gasteiger partial charge in [0.15, 0.2) is 0 Å². The van der Waals surface area contributed by atoms with Crippen LogP contribution in [0.3, 0.4) is 0 Å². The van der Waals surface area contributed by atoms with E-state index in [0.717, 1.165) is 26.5 Å². The van der Waals surface area contributed by atoms with Gasteiger partial charge in [0.05, 0.1) is 10.2 Å². The van der Waals surface area contributed by atoms with Crippen LogP contribution in [-0.4, -0.2) is 22.9 Å². The molecule has 0 aliphatic heterocycles. The summed E-state index contributed by atoms with van der Waals surface area (Å²) in [5.74, 6) is 0.103. The van der Waals surface area contributed by atoms with Gasteiger partial charge in [-0.05, 0) is 30.3 Å². The molecule has 0 fully saturated rings. The number of hydrogen-bond acceptors (Lipinski definition) is 4. The van der Waals surface area contributed by atoms with Gasteiger partial charge in [0, 0.05) is 37.1 Å². The Morgan fingerprint density at radius 1 is 1.33 bits per heavy atom. The van der Waals surface area contributed by atoms with Crippen molar-refractivity contribution in [1.29, 1.82) is 0 Å². The second-order valence-corrected chi connectivity index (χ2v) is 5.75. The fourth-order valence-corrected chi connectivity index (χ4v) is 3.10. The Labute approximate surface area is 127 Å². The minimum atomic E-state index is 0.103. The van der Waals surface area contributed by atoms with Crippen LogP contribution < -0.4 is 4.90 Å². The molecule has 21 heavy (non-hydrogen) atoms. The number of carbonyl (C=O) groups excluding carboxylic acids is 1. The quantitative estimate of drug-likeness (QED) is 0.740. The van der Waals surface area contributed by atoms with Crippen LogP contribution in [0.15, 0.2) is 42.7 Å². The predicted molar refractivity (Wildman–Crippen MR) is 86.6 cm³/mol. The summed E-state index contributed by atoms with van der Waals surface area (Å²) in [6, 6.07) is 9.81. The van der Waals surface area contributed by atoms with Crippen molar-refractivity contribution in [3.8, 4) is 10.6 Å². The smallest absolute Gasteiger partial charge is 0.226 e. The number of nitrogens with zero attached hydrogens (tertiary/aromatic N) is 3. The molecule has 0 aliphatic rings. The third-order valence-electron chi connectivity index (χ3n) is 3.34. The third kappa shape index (κ3) is 2.64. The van der Waals surface area contributed by atoms with Crippen molar-refractivity contribution in [2.45, 2.75) is 13.3 Å². The number of anilines is 1. The maximum Gasteiger partial charge on any atom is 0.226 e. The van der Waals surface area contributed by atoms with E-state index in [9.17, 15) is 4.79 Å². The van der Waals surface area contributed by atoms with Crippen LogP contribution in [0.4, 0.5) is 5.69 Å². The van der Waals surface area contributed by atoms with E-state index in [1.54, 1.807) is 29.5 Å². The summed E-state index contributed by atoms with van der Waals surface area (Å²) in [7, 11) is 1.80. The minimum absolute atomic E-state index is 0.103. The molecule has 5 heteroatoms. The van der Waals surface area contributed by atoms with E-state index >= 15 is 0 Å². The van der Waals surface area contributed by atoms with E-state index in [4.69, 9.17) is 0 Å².